The van der Waals surface area contributed by atoms with Gasteiger partial charge in [-0.25, -0.2) is 0 Å². The van der Waals surface area contributed by atoms with Gasteiger partial charge in [-0.05, 0) is 58.4 Å². The Balaban J connectivity index is 1.21. The molecule has 0 spiro atoms. The summed E-state index contributed by atoms with van der Waals surface area (Å²) in [7, 11) is 0. The molecular weight excluding hydrogens is 627 g/mol. The fraction of sp³-hybridized carbons (Fsp3) is 0.167. The molecule has 1 aliphatic carbocycles. The van der Waals surface area contributed by atoms with E-state index >= 15 is 0 Å². The Morgan fingerprint density at radius 2 is 1.46 bits per heavy atom. The number of hydrogen-bond acceptors (Lipinski definition) is 5. The van der Waals surface area contributed by atoms with Crippen LogP contribution in [0.4, 0.5) is 19.1 Å². The number of nitrogen functional groups attached to an aromatic ring is 1. The molecule has 0 saturated carbocycles. The Bertz CT molecular complexity index is 1870. The standard InChI is InChI=1S/C36H31ClF3N5S/c1-23(27-10-3-4-11-28(27)25-16-18-26(37)19-17-25)45-33(41)43-34(44-45)46-21-9-20-35(24(2)42-22-36(38,39)40)31-14-7-5-12-29(31)30-13-6-8-15-32(30)35/h3-8,10-19,42H,1-2,9,20-22H2,(H2,41,43,44). The van der Waals surface area contributed by atoms with Gasteiger partial charge in [-0.2, -0.15) is 22.8 Å². The van der Waals surface area contributed by atoms with Crippen molar-refractivity contribution in [1.29, 1.82) is 0 Å². The third-order valence-corrected chi connectivity index (χ3v) is 9.45. The number of allylic oxidation sites excluding steroid dienone is 1. The summed E-state index contributed by atoms with van der Waals surface area (Å²) in [6.07, 6.45) is -3.19. The van der Waals surface area contributed by atoms with Crippen LogP contribution in [0.25, 0.3) is 28.0 Å². The molecule has 0 radical (unpaired) electrons. The number of anilines is 1. The zero-order valence-corrected chi connectivity index (χ0v) is 26.4. The molecule has 1 aromatic heterocycles. The maximum Gasteiger partial charge on any atom is 0.405 e. The van der Waals surface area contributed by atoms with Crippen molar-refractivity contribution >= 4 is 35.0 Å². The van der Waals surface area contributed by atoms with Gasteiger partial charge in [-0.3, -0.25) is 0 Å². The number of thioether (sulfide) groups is 1. The van der Waals surface area contributed by atoms with E-state index in [4.69, 9.17) is 17.3 Å². The smallest absolute Gasteiger partial charge is 0.379 e. The molecule has 0 atom stereocenters. The summed E-state index contributed by atoms with van der Waals surface area (Å²) >= 11 is 7.54. The molecule has 46 heavy (non-hydrogen) atoms. The van der Waals surface area contributed by atoms with Gasteiger partial charge in [0.2, 0.25) is 11.1 Å². The highest BCUT2D eigenvalue weighted by Gasteiger charge is 2.45. The molecule has 0 unspecified atom stereocenters. The molecule has 10 heteroatoms. The molecule has 3 N–H and O–H groups in total. The monoisotopic (exact) mass is 657 g/mol. The number of aromatic nitrogens is 3. The summed E-state index contributed by atoms with van der Waals surface area (Å²) in [6, 6.07) is 31.1. The van der Waals surface area contributed by atoms with E-state index in [-0.39, 0.29) is 5.95 Å². The lowest BCUT2D eigenvalue weighted by Crippen LogP contribution is -2.39. The van der Waals surface area contributed by atoms with E-state index in [9.17, 15) is 13.2 Å². The lowest BCUT2D eigenvalue weighted by atomic mass is 9.72. The van der Waals surface area contributed by atoms with E-state index in [2.05, 4.69) is 28.6 Å². The van der Waals surface area contributed by atoms with Crippen molar-refractivity contribution in [1.82, 2.24) is 20.1 Å². The van der Waals surface area contributed by atoms with Gasteiger partial charge in [0.25, 0.3) is 0 Å². The molecule has 4 aromatic carbocycles. The summed E-state index contributed by atoms with van der Waals surface area (Å²) in [5, 5.41) is 8.40. The van der Waals surface area contributed by atoms with Crippen LogP contribution >= 0.6 is 23.4 Å². The lowest BCUT2D eigenvalue weighted by Gasteiger charge is -2.35. The van der Waals surface area contributed by atoms with Gasteiger partial charge in [0.1, 0.15) is 6.54 Å². The number of hydrogen-bond donors (Lipinski definition) is 2. The van der Waals surface area contributed by atoms with Crippen molar-refractivity contribution in [2.24, 2.45) is 0 Å². The number of rotatable bonds is 11. The molecule has 6 rings (SSSR count). The third-order valence-electron chi connectivity index (χ3n) is 8.27. The van der Waals surface area contributed by atoms with Crippen molar-refractivity contribution in [2.45, 2.75) is 29.6 Å². The fourth-order valence-electron chi connectivity index (χ4n) is 6.22. The van der Waals surface area contributed by atoms with Crippen LogP contribution in [-0.2, 0) is 5.41 Å². The van der Waals surface area contributed by atoms with Gasteiger partial charge in [0.05, 0.1) is 11.1 Å². The zero-order valence-electron chi connectivity index (χ0n) is 24.8. The van der Waals surface area contributed by atoms with Crippen LogP contribution in [0, 0.1) is 0 Å². The molecule has 5 aromatic rings. The largest absolute Gasteiger partial charge is 0.405 e. The highest BCUT2D eigenvalue weighted by atomic mass is 35.5. The van der Waals surface area contributed by atoms with Gasteiger partial charge in [0, 0.05) is 22.0 Å². The second-order valence-corrected chi connectivity index (χ2v) is 12.6. The SMILES string of the molecule is C=C(c1ccccc1-c1ccc(Cl)cc1)n1nc(SCCCC2(C(=C)NCC(F)(F)F)c3ccccc3-c3ccccc32)nc1N. The van der Waals surface area contributed by atoms with Crippen LogP contribution < -0.4 is 11.1 Å². The number of alkyl halides is 3. The Kier molecular flexibility index (Phi) is 8.72. The predicted molar refractivity (Wildman–Crippen MR) is 182 cm³/mol. The Morgan fingerprint density at radius 1 is 0.870 bits per heavy atom. The van der Waals surface area contributed by atoms with Crippen LogP contribution in [0.3, 0.4) is 0 Å². The van der Waals surface area contributed by atoms with Gasteiger partial charge in [-0.15, -0.1) is 5.10 Å². The fourth-order valence-corrected chi connectivity index (χ4v) is 7.12. The van der Waals surface area contributed by atoms with Crippen molar-refractivity contribution in [2.75, 3.05) is 18.0 Å². The Morgan fingerprint density at radius 3 is 2.09 bits per heavy atom. The second kappa shape index (κ2) is 12.7. The van der Waals surface area contributed by atoms with E-state index < -0.39 is 18.1 Å². The molecule has 0 bridgehead atoms. The van der Waals surface area contributed by atoms with Crippen molar-refractivity contribution < 1.29 is 13.2 Å². The number of nitrogens with two attached hydrogens (primary N) is 1. The van der Waals surface area contributed by atoms with Crippen LogP contribution in [0.2, 0.25) is 5.02 Å². The normalized spacial score (nSPS) is 13.2. The summed E-state index contributed by atoms with van der Waals surface area (Å²) in [4.78, 5) is 4.48. The third kappa shape index (κ3) is 6.04. The minimum atomic E-state index is -4.37. The molecule has 1 aliphatic rings. The lowest BCUT2D eigenvalue weighted by molar-refractivity contribution is -0.123. The topological polar surface area (TPSA) is 68.8 Å². The minimum absolute atomic E-state index is 0.207. The molecule has 0 aliphatic heterocycles. The van der Waals surface area contributed by atoms with Gasteiger partial charge in [0.15, 0.2) is 0 Å². The summed E-state index contributed by atoms with van der Waals surface area (Å²) in [6.45, 7) is 7.29. The maximum absolute atomic E-state index is 13.3. The Hall–Kier alpha value is -4.47. The molecule has 0 amide bonds. The van der Waals surface area contributed by atoms with E-state index in [1.807, 2.05) is 97.1 Å². The molecule has 5 nitrogen and oxygen atoms in total. The van der Waals surface area contributed by atoms with Gasteiger partial charge in [-0.1, -0.05) is 121 Å². The highest BCUT2D eigenvalue weighted by molar-refractivity contribution is 7.99. The van der Waals surface area contributed by atoms with E-state index in [1.54, 1.807) is 0 Å². The van der Waals surface area contributed by atoms with E-state index in [1.165, 1.54) is 16.4 Å². The molecule has 1 heterocycles. The van der Waals surface area contributed by atoms with Crippen molar-refractivity contribution in [3.8, 4) is 22.3 Å². The van der Waals surface area contributed by atoms with Crippen LogP contribution in [0.5, 0.6) is 0 Å². The van der Waals surface area contributed by atoms with Gasteiger partial charge < -0.3 is 11.1 Å². The van der Waals surface area contributed by atoms with Crippen LogP contribution in [0.15, 0.2) is 121 Å². The minimum Gasteiger partial charge on any atom is -0.379 e. The first-order valence-corrected chi connectivity index (χ1v) is 16.0. The van der Waals surface area contributed by atoms with Crippen LogP contribution in [0.1, 0.15) is 29.5 Å². The number of benzene rings is 4. The van der Waals surface area contributed by atoms with Crippen molar-refractivity contribution in [3.63, 3.8) is 0 Å². The average molecular weight is 658 g/mol. The number of nitrogens with zero attached hydrogens (tertiary/aromatic N) is 3. The highest BCUT2D eigenvalue weighted by Crippen LogP contribution is 2.54. The molecular formula is C36H31ClF3N5S. The first kappa shape index (κ1) is 31.5. The number of halogens is 4. The zero-order chi connectivity index (χ0) is 32.5. The van der Waals surface area contributed by atoms with Crippen LogP contribution in [-0.4, -0.2) is 33.2 Å². The predicted octanol–water partition coefficient (Wildman–Crippen LogP) is 9.20. The van der Waals surface area contributed by atoms with E-state index in [0.29, 0.717) is 40.2 Å². The number of fused-ring (bicyclic) bond motifs is 3. The summed E-state index contributed by atoms with van der Waals surface area (Å²) in [5.41, 5.74) is 13.1. The number of nitrogens with one attached hydrogen (secondary N) is 1. The van der Waals surface area contributed by atoms with E-state index in [0.717, 1.165) is 38.9 Å². The molecule has 0 saturated heterocycles. The average Bonchev–Trinajstić information content (AvgIpc) is 3.57. The summed E-state index contributed by atoms with van der Waals surface area (Å²) < 4.78 is 41.4. The first-order chi connectivity index (χ1) is 22.1. The Labute approximate surface area is 275 Å². The molecule has 0 fully saturated rings. The quantitative estimate of drug-likeness (QED) is 0.109. The summed E-state index contributed by atoms with van der Waals surface area (Å²) in [5.74, 6) is 0.814. The van der Waals surface area contributed by atoms with Gasteiger partial charge >= 0.3 is 6.18 Å². The van der Waals surface area contributed by atoms with Crippen molar-refractivity contribution in [3.05, 3.63) is 138 Å². The first-order valence-electron chi connectivity index (χ1n) is 14.7. The maximum atomic E-state index is 13.3. The molecule has 234 valence electrons. The second-order valence-electron chi connectivity index (χ2n) is 11.1.